The van der Waals surface area contributed by atoms with Crippen LogP contribution in [0.5, 0.6) is 0 Å². The van der Waals surface area contributed by atoms with E-state index in [9.17, 15) is 9.59 Å². The first-order chi connectivity index (χ1) is 14.2. The van der Waals surface area contributed by atoms with E-state index >= 15 is 0 Å². The van der Waals surface area contributed by atoms with Crippen molar-refractivity contribution in [3.8, 4) is 5.69 Å². The van der Waals surface area contributed by atoms with Crippen LogP contribution in [-0.4, -0.2) is 26.9 Å². The highest BCUT2D eigenvalue weighted by Crippen LogP contribution is 2.25. The third-order valence-electron chi connectivity index (χ3n) is 5.24. The molecule has 0 bridgehead atoms. The summed E-state index contributed by atoms with van der Waals surface area (Å²) in [6.45, 7) is 12.6. The highest BCUT2D eigenvalue weighted by molar-refractivity contribution is 5.79. The number of carbonyl (C=O) groups excluding carboxylic acids is 1. The number of para-hydroxylation sites is 1. The molecule has 1 amide bonds. The fourth-order valence-electron chi connectivity index (χ4n) is 3.75. The van der Waals surface area contributed by atoms with E-state index in [0.717, 1.165) is 11.3 Å². The number of hydrogen-bond donors (Lipinski definition) is 0. The molecule has 0 aliphatic rings. The summed E-state index contributed by atoms with van der Waals surface area (Å²) in [6.07, 6.45) is 0. The van der Waals surface area contributed by atoms with Crippen molar-refractivity contribution in [1.29, 1.82) is 0 Å². The predicted molar refractivity (Wildman–Crippen MR) is 122 cm³/mol. The standard InChI is InChI=1S/C25H31N3O2/c1-16(2)15-27(24(29)17(3)4)19(6)23-26-22-13-8-7-12-21(22)25(30)28(23)20-11-9-10-18(5)14-20/h7-14,16-17,19H,15H2,1-6H3. The first-order valence-electron chi connectivity index (χ1n) is 10.6. The van der Waals surface area contributed by atoms with Gasteiger partial charge in [-0.05, 0) is 49.6 Å². The third-order valence-corrected chi connectivity index (χ3v) is 5.24. The molecular weight excluding hydrogens is 374 g/mol. The molecule has 0 radical (unpaired) electrons. The zero-order valence-electron chi connectivity index (χ0n) is 18.7. The van der Waals surface area contributed by atoms with Crippen LogP contribution in [0.3, 0.4) is 0 Å². The van der Waals surface area contributed by atoms with Crippen molar-refractivity contribution in [3.05, 3.63) is 70.3 Å². The lowest BCUT2D eigenvalue weighted by atomic mass is 10.1. The van der Waals surface area contributed by atoms with Crippen LogP contribution in [0.4, 0.5) is 0 Å². The van der Waals surface area contributed by atoms with Crippen molar-refractivity contribution in [2.75, 3.05) is 6.54 Å². The van der Waals surface area contributed by atoms with Gasteiger partial charge in [-0.1, -0.05) is 52.0 Å². The third kappa shape index (κ3) is 4.30. The van der Waals surface area contributed by atoms with Gasteiger partial charge in [-0.3, -0.25) is 14.2 Å². The van der Waals surface area contributed by atoms with Crippen molar-refractivity contribution in [1.82, 2.24) is 14.5 Å². The molecule has 0 aliphatic heterocycles. The fourth-order valence-corrected chi connectivity index (χ4v) is 3.75. The molecule has 3 aromatic rings. The quantitative estimate of drug-likeness (QED) is 0.586. The molecule has 1 atom stereocenters. The van der Waals surface area contributed by atoms with Crippen LogP contribution in [0.15, 0.2) is 53.3 Å². The Morgan fingerprint density at radius 1 is 1.03 bits per heavy atom. The van der Waals surface area contributed by atoms with Crippen LogP contribution in [0.25, 0.3) is 16.6 Å². The van der Waals surface area contributed by atoms with Gasteiger partial charge in [-0.15, -0.1) is 0 Å². The molecule has 158 valence electrons. The number of rotatable bonds is 6. The summed E-state index contributed by atoms with van der Waals surface area (Å²) < 4.78 is 1.67. The van der Waals surface area contributed by atoms with Crippen LogP contribution < -0.4 is 5.56 Å². The van der Waals surface area contributed by atoms with Crippen molar-refractivity contribution in [2.24, 2.45) is 11.8 Å². The molecule has 1 aromatic heterocycles. The largest absolute Gasteiger partial charge is 0.332 e. The maximum atomic E-state index is 13.5. The number of nitrogens with zero attached hydrogens (tertiary/aromatic N) is 3. The van der Waals surface area contributed by atoms with Crippen molar-refractivity contribution in [3.63, 3.8) is 0 Å². The zero-order valence-corrected chi connectivity index (χ0v) is 18.7. The van der Waals surface area contributed by atoms with Gasteiger partial charge in [0.1, 0.15) is 5.82 Å². The van der Waals surface area contributed by atoms with Crippen LogP contribution >= 0.6 is 0 Å². The average molecular weight is 406 g/mol. The number of fused-ring (bicyclic) bond motifs is 1. The number of aromatic nitrogens is 2. The van der Waals surface area contributed by atoms with Crippen LogP contribution in [0, 0.1) is 18.8 Å². The van der Waals surface area contributed by atoms with Crippen molar-refractivity contribution < 1.29 is 4.79 Å². The Morgan fingerprint density at radius 3 is 2.37 bits per heavy atom. The molecule has 5 heteroatoms. The molecule has 30 heavy (non-hydrogen) atoms. The molecule has 5 nitrogen and oxygen atoms in total. The maximum Gasteiger partial charge on any atom is 0.266 e. The van der Waals surface area contributed by atoms with Gasteiger partial charge >= 0.3 is 0 Å². The Labute approximate surface area is 178 Å². The molecule has 3 rings (SSSR count). The molecule has 0 saturated carbocycles. The van der Waals surface area contributed by atoms with Crippen molar-refractivity contribution >= 4 is 16.8 Å². The van der Waals surface area contributed by atoms with Crippen molar-refractivity contribution in [2.45, 2.75) is 47.6 Å². The van der Waals surface area contributed by atoms with Gasteiger partial charge < -0.3 is 4.90 Å². The van der Waals surface area contributed by atoms with E-state index in [-0.39, 0.29) is 23.4 Å². The molecule has 0 saturated heterocycles. The molecule has 0 aliphatic carbocycles. The second-order valence-corrected chi connectivity index (χ2v) is 8.68. The van der Waals surface area contributed by atoms with E-state index in [1.807, 2.05) is 75.1 Å². The lowest BCUT2D eigenvalue weighted by Gasteiger charge is -2.33. The van der Waals surface area contributed by atoms with Gasteiger partial charge in [0.25, 0.3) is 5.56 Å². The predicted octanol–water partition coefficient (Wildman–Crippen LogP) is 4.90. The van der Waals surface area contributed by atoms with Gasteiger partial charge in [0.05, 0.1) is 22.6 Å². The minimum atomic E-state index is -0.347. The van der Waals surface area contributed by atoms with Crippen LogP contribution in [0.1, 0.15) is 52.0 Å². The molecular formula is C25H31N3O2. The number of amides is 1. The summed E-state index contributed by atoms with van der Waals surface area (Å²) in [5, 5.41) is 0.570. The van der Waals surface area contributed by atoms with Gasteiger partial charge in [0.15, 0.2) is 0 Å². The minimum absolute atomic E-state index is 0.0643. The van der Waals surface area contributed by atoms with E-state index in [0.29, 0.717) is 29.2 Å². The normalized spacial score (nSPS) is 12.5. The Kier molecular flexibility index (Phi) is 6.40. The Hall–Kier alpha value is -2.95. The second-order valence-electron chi connectivity index (χ2n) is 8.68. The molecule has 1 heterocycles. The summed E-state index contributed by atoms with van der Waals surface area (Å²) in [6, 6.07) is 14.9. The summed E-state index contributed by atoms with van der Waals surface area (Å²) in [5.41, 5.74) is 2.36. The minimum Gasteiger partial charge on any atom is -0.332 e. The van der Waals surface area contributed by atoms with Gasteiger partial charge in [0, 0.05) is 12.5 Å². The van der Waals surface area contributed by atoms with Crippen LogP contribution in [0.2, 0.25) is 0 Å². The van der Waals surface area contributed by atoms with E-state index in [2.05, 4.69) is 13.8 Å². The summed E-state index contributed by atoms with van der Waals surface area (Å²) >= 11 is 0. The van der Waals surface area contributed by atoms with Gasteiger partial charge in [0.2, 0.25) is 5.91 Å². The van der Waals surface area contributed by atoms with E-state index < -0.39 is 0 Å². The monoisotopic (exact) mass is 405 g/mol. The van der Waals surface area contributed by atoms with E-state index in [4.69, 9.17) is 4.98 Å². The number of hydrogen-bond acceptors (Lipinski definition) is 3. The lowest BCUT2D eigenvalue weighted by Crippen LogP contribution is -2.41. The number of aryl methyl sites for hydroxylation is 1. The maximum absolute atomic E-state index is 13.5. The summed E-state index contributed by atoms with van der Waals surface area (Å²) in [5.74, 6) is 0.814. The summed E-state index contributed by atoms with van der Waals surface area (Å²) in [7, 11) is 0. The smallest absolute Gasteiger partial charge is 0.266 e. The zero-order chi connectivity index (χ0) is 22.0. The molecule has 0 fully saturated rings. The molecule has 1 unspecified atom stereocenters. The fraction of sp³-hybridized carbons (Fsp3) is 0.400. The topological polar surface area (TPSA) is 55.2 Å². The highest BCUT2D eigenvalue weighted by atomic mass is 16.2. The SMILES string of the molecule is Cc1cccc(-n2c(C(C)N(CC(C)C)C(=O)C(C)C)nc3ccccc3c2=O)c1. The highest BCUT2D eigenvalue weighted by Gasteiger charge is 2.28. The lowest BCUT2D eigenvalue weighted by molar-refractivity contribution is -0.137. The Bertz CT molecular complexity index is 1110. The number of carbonyl (C=O) groups is 1. The van der Waals surface area contributed by atoms with E-state index in [1.165, 1.54) is 0 Å². The Morgan fingerprint density at radius 2 is 1.73 bits per heavy atom. The van der Waals surface area contributed by atoms with Gasteiger partial charge in [-0.25, -0.2) is 4.98 Å². The molecule has 2 aromatic carbocycles. The number of benzene rings is 2. The van der Waals surface area contributed by atoms with Gasteiger partial charge in [-0.2, -0.15) is 0 Å². The first-order valence-corrected chi connectivity index (χ1v) is 10.6. The first kappa shape index (κ1) is 21.8. The molecule has 0 spiro atoms. The second kappa shape index (κ2) is 8.82. The average Bonchev–Trinajstić information content (AvgIpc) is 2.70. The van der Waals surface area contributed by atoms with E-state index in [1.54, 1.807) is 10.6 Å². The van der Waals surface area contributed by atoms with Crippen LogP contribution in [-0.2, 0) is 4.79 Å². The molecule has 0 N–H and O–H groups in total. The Balaban J connectivity index is 2.28. The summed E-state index contributed by atoms with van der Waals surface area (Å²) in [4.78, 5) is 33.3.